The van der Waals surface area contributed by atoms with E-state index in [2.05, 4.69) is 29.7 Å². The van der Waals surface area contributed by atoms with Crippen LogP contribution in [0.25, 0.3) is 0 Å². The van der Waals surface area contributed by atoms with Crippen LogP contribution in [0.5, 0.6) is 0 Å². The van der Waals surface area contributed by atoms with E-state index in [9.17, 15) is 0 Å². The van der Waals surface area contributed by atoms with Gasteiger partial charge in [-0.1, -0.05) is 23.4 Å². The third-order valence-electron chi connectivity index (χ3n) is 3.28. The van der Waals surface area contributed by atoms with E-state index >= 15 is 0 Å². The molecule has 2 aromatic rings. The normalized spacial score (nSPS) is 15.3. The Labute approximate surface area is 132 Å². The molecule has 0 N–H and O–H groups in total. The average molecular weight is 323 g/mol. The molecule has 3 rings (SSSR count). The molecular weight excluding hydrogens is 308 g/mol. The van der Waals surface area contributed by atoms with E-state index in [-0.39, 0.29) is 0 Å². The summed E-state index contributed by atoms with van der Waals surface area (Å²) in [5.41, 5.74) is 0. The summed E-state index contributed by atoms with van der Waals surface area (Å²) in [7, 11) is 0. The summed E-state index contributed by atoms with van der Waals surface area (Å²) >= 11 is 7.55. The van der Waals surface area contributed by atoms with Crippen molar-refractivity contribution < 1.29 is 0 Å². The zero-order valence-electron chi connectivity index (χ0n) is 11.6. The van der Waals surface area contributed by atoms with Gasteiger partial charge in [-0.25, -0.2) is 19.9 Å². The van der Waals surface area contributed by atoms with Gasteiger partial charge < -0.3 is 9.80 Å². The number of anilines is 2. The first-order chi connectivity index (χ1) is 10.3. The van der Waals surface area contributed by atoms with E-state index in [0.717, 1.165) is 37.9 Å². The molecule has 0 atom stereocenters. The van der Waals surface area contributed by atoms with Crippen LogP contribution in [-0.4, -0.2) is 52.4 Å². The fourth-order valence-electron chi connectivity index (χ4n) is 2.23. The second-order valence-corrected chi connectivity index (χ2v) is 5.72. The van der Waals surface area contributed by atoms with Crippen molar-refractivity contribution in [1.29, 1.82) is 0 Å². The maximum Gasteiger partial charge on any atom is 0.225 e. The summed E-state index contributed by atoms with van der Waals surface area (Å²) in [6, 6.07) is 3.64. The van der Waals surface area contributed by atoms with Gasteiger partial charge in [-0.3, -0.25) is 0 Å². The highest BCUT2D eigenvalue weighted by Crippen LogP contribution is 2.22. The zero-order valence-corrected chi connectivity index (χ0v) is 13.2. The maximum absolute atomic E-state index is 6.05. The first kappa shape index (κ1) is 14.3. The van der Waals surface area contributed by atoms with Crippen LogP contribution in [0.4, 0.5) is 11.8 Å². The largest absolute Gasteiger partial charge is 0.353 e. The zero-order chi connectivity index (χ0) is 14.7. The van der Waals surface area contributed by atoms with Gasteiger partial charge in [-0.2, -0.15) is 0 Å². The van der Waals surface area contributed by atoms with E-state index in [0.29, 0.717) is 10.3 Å². The van der Waals surface area contributed by atoms with Crippen LogP contribution in [0.2, 0.25) is 5.15 Å². The van der Waals surface area contributed by atoms with Gasteiger partial charge in [0.1, 0.15) is 11.0 Å². The molecule has 2 aromatic heterocycles. The van der Waals surface area contributed by atoms with Crippen LogP contribution in [0, 0.1) is 0 Å². The Morgan fingerprint density at radius 3 is 2.38 bits per heavy atom. The van der Waals surface area contributed by atoms with Gasteiger partial charge >= 0.3 is 0 Å². The van der Waals surface area contributed by atoms with Crippen molar-refractivity contribution >= 4 is 35.1 Å². The Bertz CT molecular complexity index is 603. The van der Waals surface area contributed by atoms with Crippen molar-refractivity contribution in [3.63, 3.8) is 0 Å². The lowest BCUT2D eigenvalue weighted by molar-refractivity contribution is 0.631. The molecule has 0 unspecified atom stereocenters. The Kier molecular flexibility index (Phi) is 4.40. The predicted octanol–water partition coefficient (Wildman–Crippen LogP) is 1.97. The molecule has 1 saturated heterocycles. The topological polar surface area (TPSA) is 58.0 Å². The number of hydrogen-bond acceptors (Lipinski definition) is 7. The lowest BCUT2D eigenvalue weighted by Crippen LogP contribution is -2.47. The number of aromatic nitrogens is 4. The second kappa shape index (κ2) is 6.44. The first-order valence-corrected chi connectivity index (χ1v) is 8.22. The quantitative estimate of drug-likeness (QED) is 0.486. The van der Waals surface area contributed by atoms with Crippen LogP contribution < -0.4 is 9.80 Å². The summed E-state index contributed by atoms with van der Waals surface area (Å²) in [4.78, 5) is 21.7. The average Bonchev–Trinajstić information content (AvgIpc) is 2.55. The fourth-order valence-corrected chi connectivity index (χ4v) is 2.83. The van der Waals surface area contributed by atoms with Crippen LogP contribution in [0.15, 0.2) is 29.7 Å². The van der Waals surface area contributed by atoms with Gasteiger partial charge in [0.2, 0.25) is 5.95 Å². The molecule has 0 spiro atoms. The Morgan fingerprint density at radius 1 is 1.05 bits per heavy atom. The third-order valence-corrected chi connectivity index (χ3v) is 4.02. The summed E-state index contributed by atoms with van der Waals surface area (Å²) < 4.78 is 0. The highest BCUT2D eigenvalue weighted by atomic mass is 35.5. The molecule has 8 heteroatoms. The molecule has 21 heavy (non-hydrogen) atoms. The van der Waals surface area contributed by atoms with Gasteiger partial charge in [-0.15, -0.1) is 0 Å². The maximum atomic E-state index is 6.05. The van der Waals surface area contributed by atoms with Gasteiger partial charge in [0.05, 0.1) is 0 Å². The number of rotatable bonds is 3. The van der Waals surface area contributed by atoms with Gasteiger partial charge in [0.25, 0.3) is 0 Å². The highest BCUT2D eigenvalue weighted by molar-refractivity contribution is 7.98. The van der Waals surface area contributed by atoms with Crippen LogP contribution in [-0.2, 0) is 0 Å². The van der Waals surface area contributed by atoms with E-state index in [4.69, 9.17) is 11.6 Å². The molecule has 3 heterocycles. The SMILES string of the molecule is CSc1nc(Cl)cc(N2CCN(c3ncccn3)CC2)n1. The van der Waals surface area contributed by atoms with Crippen molar-refractivity contribution in [1.82, 2.24) is 19.9 Å². The number of nitrogens with zero attached hydrogens (tertiary/aromatic N) is 6. The monoisotopic (exact) mass is 322 g/mol. The lowest BCUT2D eigenvalue weighted by atomic mass is 10.3. The van der Waals surface area contributed by atoms with Crippen molar-refractivity contribution in [3.05, 3.63) is 29.7 Å². The highest BCUT2D eigenvalue weighted by Gasteiger charge is 2.20. The minimum Gasteiger partial charge on any atom is -0.353 e. The summed E-state index contributed by atoms with van der Waals surface area (Å²) in [5.74, 6) is 1.66. The minimum atomic E-state index is 0.484. The molecule has 0 saturated carbocycles. The van der Waals surface area contributed by atoms with E-state index in [1.54, 1.807) is 12.4 Å². The van der Waals surface area contributed by atoms with Crippen LogP contribution >= 0.6 is 23.4 Å². The van der Waals surface area contributed by atoms with E-state index in [1.807, 2.05) is 18.4 Å². The van der Waals surface area contributed by atoms with Gasteiger partial charge in [0.15, 0.2) is 5.16 Å². The number of halogens is 1. The van der Waals surface area contributed by atoms with Crippen molar-refractivity contribution in [2.24, 2.45) is 0 Å². The molecule has 1 aliphatic rings. The Hall–Kier alpha value is -1.60. The third kappa shape index (κ3) is 3.36. The Morgan fingerprint density at radius 2 is 1.71 bits per heavy atom. The van der Waals surface area contributed by atoms with Crippen molar-refractivity contribution in [2.75, 3.05) is 42.2 Å². The summed E-state index contributed by atoms with van der Waals surface area (Å²) in [6.45, 7) is 3.44. The predicted molar refractivity (Wildman–Crippen MR) is 85.3 cm³/mol. The summed E-state index contributed by atoms with van der Waals surface area (Å²) in [6.07, 6.45) is 5.48. The molecule has 0 aromatic carbocycles. The molecule has 0 radical (unpaired) electrons. The van der Waals surface area contributed by atoms with Gasteiger partial charge in [0, 0.05) is 44.6 Å². The van der Waals surface area contributed by atoms with Crippen molar-refractivity contribution in [3.8, 4) is 0 Å². The van der Waals surface area contributed by atoms with Crippen LogP contribution in [0.3, 0.4) is 0 Å². The molecule has 6 nitrogen and oxygen atoms in total. The molecule has 110 valence electrons. The molecule has 0 amide bonds. The fraction of sp³-hybridized carbons (Fsp3) is 0.385. The number of hydrogen-bond donors (Lipinski definition) is 0. The van der Waals surface area contributed by atoms with Crippen LogP contribution in [0.1, 0.15) is 0 Å². The lowest BCUT2D eigenvalue weighted by Gasteiger charge is -2.35. The standard InChI is InChI=1S/C13H15ClN6S/c1-21-13-17-10(14)9-11(18-13)19-5-7-20(8-6-19)12-15-3-2-4-16-12/h2-4,9H,5-8H2,1H3. The smallest absolute Gasteiger partial charge is 0.225 e. The molecule has 1 aliphatic heterocycles. The van der Waals surface area contributed by atoms with Crippen molar-refractivity contribution in [2.45, 2.75) is 5.16 Å². The van der Waals surface area contributed by atoms with E-state index in [1.165, 1.54) is 11.8 Å². The van der Waals surface area contributed by atoms with Gasteiger partial charge in [-0.05, 0) is 12.3 Å². The Balaban J connectivity index is 1.70. The molecular formula is C13H15ClN6S. The number of piperazine rings is 1. The second-order valence-electron chi connectivity index (χ2n) is 4.56. The number of thioether (sulfide) groups is 1. The summed E-state index contributed by atoms with van der Waals surface area (Å²) in [5, 5.41) is 1.18. The minimum absolute atomic E-state index is 0.484. The van der Waals surface area contributed by atoms with E-state index < -0.39 is 0 Å². The molecule has 1 fully saturated rings. The molecule has 0 bridgehead atoms. The molecule has 0 aliphatic carbocycles. The first-order valence-electron chi connectivity index (χ1n) is 6.62.